The second kappa shape index (κ2) is 17.3. The first-order valence-corrected chi connectivity index (χ1v) is 20.3. The van der Waals surface area contributed by atoms with E-state index in [-0.39, 0.29) is 17.6 Å². The molecule has 0 spiro atoms. The Labute approximate surface area is 323 Å². The molecule has 3 aliphatic heterocycles. The molecule has 4 aromatic rings. The van der Waals surface area contributed by atoms with Crippen molar-refractivity contribution >= 4 is 12.0 Å². The average molecular weight is 747 g/mol. The molecule has 55 heavy (non-hydrogen) atoms. The quantitative estimate of drug-likeness (QED) is 0.238. The van der Waals surface area contributed by atoms with Gasteiger partial charge in [0.25, 0.3) is 0 Å². The van der Waals surface area contributed by atoms with Crippen molar-refractivity contribution in [2.45, 2.75) is 82.5 Å². The predicted molar refractivity (Wildman–Crippen MR) is 211 cm³/mol. The molecule has 2 amide bonds. The van der Waals surface area contributed by atoms with E-state index in [0.29, 0.717) is 57.3 Å². The first-order valence-electron chi connectivity index (χ1n) is 20.3. The number of fused-ring (bicyclic) bond motifs is 1. The Morgan fingerprint density at radius 2 is 1.44 bits per heavy atom. The summed E-state index contributed by atoms with van der Waals surface area (Å²) >= 11 is 0. The number of hydrogen-bond acceptors (Lipinski definition) is 8. The van der Waals surface area contributed by atoms with E-state index < -0.39 is 12.1 Å². The number of nitrogens with zero attached hydrogens (tertiary/aromatic N) is 6. The van der Waals surface area contributed by atoms with Crippen LogP contribution in [-0.4, -0.2) is 111 Å². The number of hydrogen-bond donors (Lipinski definition) is 2. The van der Waals surface area contributed by atoms with Crippen LogP contribution in [0.1, 0.15) is 66.8 Å². The number of likely N-dealkylation sites (tertiary alicyclic amines) is 1. The molecule has 2 N–H and O–H groups in total. The third-order valence-corrected chi connectivity index (χ3v) is 12.1. The number of carbonyl (C=O) groups is 2. The summed E-state index contributed by atoms with van der Waals surface area (Å²) in [5.41, 5.74) is 5.78. The third kappa shape index (κ3) is 9.20. The lowest BCUT2D eigenvalue weighted by atomic mass is 9.89. The number of aryl methyl sites for hydroxylation is 2. The minimum atomic E-state index is -0.733. The molecule has 3 fully saturated rings. The first-order chi connectivity index (χ1) is 26.9. The highest BCUT2D eigenvalue weighted by Gasteiger charge is 2.34. The van der Waals surface area contributed by atoms with Gasteiger partial charge in [-0.1, -0.05) is 78.9 Å². The number of rotatable bonds is 10. The van der Waals surface area contributed by atoms with E-state index >= 15 is 0 Å². The van der Waals surface area contributed by atoms with Crippen LogP contribution in [0.2, 0.25) is 0 Å². The largest absolute Gasteiger partial charge is 0.426 e. The topological polar surface area (TPSA) is 119 Å². The molecule has 1 aromatic heterocycles. The van der Waals surface area contributed by atoms with Crippen LogP contribution in [0, 0.1) is 0 Å². The molecule has 3 aromatic carbocycles. The second-order valence-electron chi connectivity index (χ2n) is 15.7. The van der Waals surface area contributed by atoms with Crippen LogP contribution in [0.3, 0.4) is 0 Å². The van der Waals surface area contributed by atoms with Gasteiger partial charge in [0.05, 0.1) is 6.04 Å². The number of nitrogens with one attached hydrogen (secondary N) is 2. The van der Waals surface area contributed by atoms with Crippen molar-refractivity contribution in [1.82, 2.24) is 39.8 Å². The van der Waals surface area contributed by atoms with E-state index in [0.717, 1.165) is 69.5 Å². The molecule has 0 saturated carbocycles. The van der Waals surface area contributed by atoms with Crippen LogP contribution < -0.4 is 11.0 Å². The number of H-pyrrole nitrogens is 1. The van der Waals surface area contributed by atoms with Gasteiger partial charge in [-0.05, 0) is 73.6 Å². The molecule has 0 unspecified atom stereocenters. The van der Waals surface area contributed by atoms with Gasteiger partial charge in [-0.15, -0.1) is 10.2 Å². The fourth-order valence-corrected chi connectivity index (χ4v) is 8.92. The molecule has 0 radical (unpaired) electrons. The lowest BCUT2D eigenvalue weighted by molar-refractivity contribution is -0.137. The van der Waals surface area contributed by atoms with Crippen LogP contribution in [0.4, 0.5) is 4.79 Å². The van der Waals surface area contributed by atoms with E-state index in [1.165, 1.54) is 34.2 Å². The third-order valence-electron chi connectivity index (χ3n) is 12.1. The van der Waals surface area contributed by atoms with Crippen molar-refractivity contribution in [1.29, 1.82) is 0 Å². The molecule has 8 rings (SSSR count). The fraction of sp³-hybridized carbons (Fsp3) is 0.488. The summed E-state index contributed by atoms with van der Waals surface area (Å²) in [7, 11) is 0. The van der Waals surface area contributed by atoms with Gasteiger partial charge < -0.3 is 15.1 Å². The lowest BCUT2D eigenvalue weighted by Crippen LogP contribution is -2.56. The molecule has 3 saturated heterocycles. The van der Waals surface area contributed by atoms with Gasteiger partial charge in [0.15, 0.2) is 5.82 Å². The Hall–Kier alpha value is -4.78. The second-order valence-corrected chi connectivity index (χ2v) is 15.7. The number of carbonyl (C=O) groups excluding carboxylic acids is 2. The van der Waals surface area contributed by atoms with Crippen LogP contribution in [-0.2, 0) is 35.4 Å². The SMILES string of the molecule is O=C(N[C@H](Cc1ccc2c(c1)CCCC2)C(=O)N1CCC(N2CCN(Cc3ccccc3)CC2)CC1)ON1CCC(n2nc(-c3ccccc3)[nH]c2=O)CC1. The van der Waals surface area contributed by atoms with Crippen molar-refractivity contribution in [2.75, 3.05) is 52.4 Å². The van der Waals surface area contributed by atoms with E-state index in [1.807, 2.05) is 35.2 Å². The lowest BCUT2D eigenvalue weighted by Gasteiger charge is -2.43. The van der Waals surface area contributed by atoms with Gasteiger partial charge in [-0.3, -0.25) is 19.6 Å². The van der Waals surface area contributed by atoms with Crippen LogP contribution in [0.15, 0.2) is 83.7 Å². The predicted octanol–water partition coefficient (Wildman–Crippen LogP) is 4.82. The van der Waals surface area contributed by atoms with Crippen LogP contribution >= 0.6 is 0 Å². The van der Waals surface area contributed by atoms with Gasteiger partial charge >= 0.3 is 11.8 Å². The van der Waals surface area contributed by atoms with Gasteiger partial charge in [0, 0.05) is 76.9 Å². The number of piperazine rings is 1. The molecule has 4 aliphatic rings. The fourth-order valence-electron chi connectivity index (χ4n) is 8.92. The number of aromatic nitrogens is 3. The number of aromatic amines is 1. The van der Waals surface area contributed by atoms with Gasteiger partial charge in [0.2, 0.25) is 5.91 Å². The summed E-state index contributed by atoms with van der Waals surface area (Å²) < 4.78 is 1.52. The number of benzene rings is 3. The first kappa shape index (κ1) is 37.2. The minimum Gasteiger partial charge on any atom is -0.351 e. The summed E-state index contributed by atoms with van der Waals surface area (Å²) in [6.07, 6.45) is 7.40. The van der Waals surface area contributed by atoms with Crippen LogP contribution in [0.25, 0.3) is 11.4 Å². The zero-order valence-corrected chi connectivity index (χ0v) is 31.8. The number of amides is 2. The average Bonchev–Trinajstić information content (AvgIpc) is 3.63. The minimum absolute atomic E-state index is 0.0494. The maximum absolute atomic E-state index is 14.2. The molecule has 0 bridgehead atoms. The summed E-state index contributed by atoms with van der Waals surface area (Å²) in [6, 6.07) is 26.4. The maximum atomic E-state index is 14.2. The smallest absolute Gasteiger partial charge is 0.351 e. The van der Waals surface area contributed by atoms with Gasteiger partial charge in [-0.2, -0.15) is 0 Å². The molecule has 1 aliphatic carbocycles. The summed E-state index contributed by atoms with van der Waals surface area (Å²) in [5.74, 6) is 0.492. The number of hydroxylamine groups is 2. The Morgan fingerprint density at radius 1 is 0.764 bits per heavy atom. The van der Waals surface area contributed by atoms with E-state index in [4.69, 9.17) is 4.84 Å². The molecule has 12 nitrogen and oxygen atoms in total. The van der Waals surface area contributed by atoms with Crippen molar-refractivity contribution in [3.63, 3.8) is 0 Å². The number of piperidine rings is 2. The molecule has 290 valence electrons. The molecule has 12 heteroatoms. The molecular formula is C43H54N8O4. The zero-order valence-electron chi connectivity index (χ0n) is 31.8. The normalized spacial score (nSPS) is 19.8. The summed E-state index contributed by atoms with van der Waals surface area (Å²) in [4.78, 5) is 56.2. The van der Waals surface area contributed by atoms with E-state index in [1.54, 1.807) is 5.06 Å². The van der Waals surface area contributed by atoms with Crippen LogP contribution in [0.5, 0.6) is 0 Å². The van der Waals surface area contributed by atoms with Crippen molar-refractivity contribution in [3.8, 4) is 11.4 Å². The van der Waals surface area contributed by atoms with Gasteiger partial charge in [-0.25, -0.2) is 14.3 Å². The Bertz CT molecular complexity index is 1940. The summed E-state index contributed by atoms with van der Waals surface area (Å²) in [5, 5.41) is 9.18. The van der Waals surface area contributed by atoms with Crippen molar-refractivity contribution < 1.29 is 14.4 Å². The zero-order chi connectivity index (χ0) is 37.6. The Morgan fingerprint density at radius 3 is 2.16 bits per heavy atom. The monoisotopic (exact) mass is 746 g/mol. The van der Waals surface area contributed by atoms with Crippen molar-refractivity contribution in [3.05, 3.63) is 112 Å². The van der Waals surface area contributed by atoms with Crippen molar-refractivity contribution in [2.24, 2.45) is 0 Å². The Balaban J connectivity index is 0.861. The van der Waals surface area contributed by atoms with E-state index in [2.05, 4.69) is 73.7 Å². The van der Waals surface area contributed by atoms with E-state index in [9.17, 15) is 14.4 Å². The summed E-state index contributed by atoms with van der Waals surface area (Å²) in [6.45, 7) is 7.45. The standard InChI is InChI=1S/C43H54N8O4/c52-41(49-21-17-37(18-22-49)48-27-25-47(26-28-48)31-32-9-3-1-4-10-32)39(30-33-15-16-34-11-7-8-14-36(34)29-33)44-43(54)55-50-23-19-38(20-24-50)51-42(53)45-40(46-51)35-12-5-2-6-13-35/h1-6,9-10,12-13,15-16,29,37-39H,7-8,11,14,17-28,30-31H2,(H,44,54)(H,45,46,53)/t39-/m1/s1. The molecular weight excluding hydrogens is 693 g/mol. The maximum Gasteiger partial charge on any atom is 0.426 e. The Kier molecular flexibility index (Phi) is 11.7. The van der Waals surface area contributed by atoms with Gasteiger partial charge in [0.1, 0.15) is 6.04 Å². The highest BCUT2D eigenvalue weighted by atomic mass is 16.7. The highest BCUT2D eigenvalue weighted by Crippen LogP contribution is 2.25. The molecule has 1 atom stereocenters. The molecule has 4 heterocycles. The highest BCUT2D eigenvalue weighted by molar-refractivity contribution is 5.86.